The molecule has 0 aliphatic carbocycles. The summed E-state index contributed by atoms with van der Waals surface area (Å²) in [5, 5.41) is 0. The Morgan fingerprint density at radius 3 is 1.43 bits per heavy atom. The monoisotopic (exact) mass is 504 g/mol. The Kier molecular flexibility index (Phi) is 7.99. The minimum absolute atomic E-state index is 0.0870. The lowest BCUT2D eigenvalue weighted by Crippen LogP contribution is -2.18. The smallest absolute Gasteiger partial charge is 0.122 e. The molecule has 0 saturated carbocycles. The maximum Gasteiger partial charge on any atom is 0.122 e. The van der Waals surface area contributed by atoms with E-state index < -0.39 is 0 Å². The largest absolute Gasteiger partial charge is 0.491 e. The molecular weight excluding hydrogens is 468 g/mol. The third-order valence-electron chi connectivity index (χ3n) is 6.75. The van der Waals surface area contributed by atoms with Crippen molar-refractivity contribution in [2.45, 2.75) is 44.5 Å². The van der Waals surface area contributed by atoms with E-state index in [-0.39, 0.29) is 17.6 Å². The topological polar surface area (TPSA) is 65.3 Å². The Hall–Kier alpha value is -3.06. The van der Waals surface area contributed by atoms with Gasteiger partial charge in [0, 0.05) is 5.41 Å². The van der Waals surface area contributed by atoms with Crippen molar-refractivity contribution in [3.8, 4) is 17.2 Å². The molecular formula is C31H36O6. The first kappa shape index (κ1) is 25.6. The second kappa shape index (κ2) is 11.5. The van der Waals surface area contributed by atoms with Crippen LogP contribution >= 0.6 is 0 Å². The van der Waals surface area contributed by atoms with Gasteiger partial charge in [-0.3, -0.25) is 0 Å². The lowest BCUT2D eigenvalue weighted by molar-refractivity contribution is 0.262. The Labute approximate surface area is 219 Å². The molecule has 196 valence electrons. The average molecular weight is 505 g/mol. The van der Waals surface area contributed by atoms with E-state index in [2.05, 4.69) is 38.1 Å². The predicted octanol–water partition coefficient (Wildman–Crippen LogP) is 5.34. The van der Waals surface area contributed by atoms with Gasteiger partial charge in [-0.25, -0.2) is 0 Å². The van der Waals surface area contributed by atoms with Crippen LogP contribution in [0.2, 0.25) is 0 Å². The summed E-state index contributed by atoms with van der Waals surface area (Å²) in [6.45, 7) is 11.0. The van der Waals surface area contributed by atoms with Gasteiger partial charge in [-0.1, -0.05) is 56.3 Å². The predicted molar refractivity (Wildman–Crippen MR) is 142 cm³/mol. The molecule has 0 radical (unpaired) electrons. The molecule has 0 aromatic heterocycles. The molecule has 3 aliphatic rings. The fraction of sp³-hybridized carbons (Fsp3) is 0.419. The van der Waals surface area contributed by atoms with Gasteiger partial charge in [-0.05, 0) is 53.9 Å². The highest BCUT2D eigenvalue weighted by molar-refractivity contribution is 5.42. The SMILES string of the molecule is CC(C)(c1ccc(OCC2CO2)cc1)c1ccc(OCC2CO2)cc1.Cc1ccccc1OCC1CO1. The molecule has 6 nitrogen and oxygen atoms in total. The molecule has 3 fully saturated rings. The summed E-state index contributed by atoms with van der Waals surface area (Å²) in [5.41, 5.74) is 3.60. The number of hydrogen-bond donors (Lipinski definition) is 0. The van der Waals surface area contributed by atoms with Crippen LogP contribution < -0.4 is 14.2 Å². The van der Waals surface area contributed by atoms with E-state index in [1.165, 1.54) is 16.7 Å². The van der Waals surface area contributed by atoms with E-state index in [1.807, 2.05) is 55.5 Å². The maximum atomic E-state index is 5.72. The minimum atomic E-state index is -0.0870. The van der Waals surface area contributed by atoms with E-state index in [4.69, 9.17) is 28.4 Å². The molecule has 0 N–H and O–H groups in total. The van der Waals surface area contributed by atoms with Gasteiger partial charge in [-0.2, -0.15) is 0 Å². The van der Waals surface area contributed by atoms with Crippen molar-refractivity contribution >= 4 is 0 Å². The summed E-state index contributed by atoms with van der Waals surface area (Å²) in [5.74, 6) is 2.75. The van der Waals surface area contributed by atoms with E-state index in [9.17, 15) is 0 Å². The summed E-state index contributed by atoms with van der Waals surface area (Å²) in [6.07, 6.45) is 0.899. The standard InChI is InChI=1S/C21H24O4.C10H12O2/c1-21(2,15-3-7-17(8-4-15)22-11-19-13-24-19)16-5-9-18(10-6-16)23-12-20-14-25-20;1-8-4-2-3-5-10(8)12-7-9-6-11-9/h3-10,19-20H,11-14H2,1-2H3;2-5,9H,6-7H2,1H3. The number of benzene rings is 3. The van der Waals surface area contributed by atoms with Crippen molar-refractivity contribution in [2.24, 2.45) is 0 Å². The van der Waals surface area contributed by atoms with Gasteiger partial charge >= 0.3 is 0 Å². The molecule has 3 saturated heterocycles. The highest BCUT2D eigenvalue weighted by Crippen LogP contribution is 2.33. The fourth-order valence-electron chi connectivity index (χ4n) is 3.87. The number of aryl methyl sites for hydroxylation is 1. The average Bonchev–Trinajstić information content (AvgIpc) is 3.77. The summed E-state index contributed by atoms with van der Waals surface area (Å²) < 4.78 is 32.4. The molecule has 3 heterocycles. The number of para-hydroxylation sites is 1. The summed E-state index contributed by atoms with van der Waals surface area (Å²) >= 11 is 0. The van der Waals surface area contributed by atoms with Crippen molar-refractivity contribution in [3.05, 3.63) is 89.5 Å². The lowest BCUT2D eigenvalue weighted by atomic mass is 9.78. The number of rotatable bonds is 11. The summed E-state index contributed by atoms with van der Waals surface area (Å²) in [7, 11) is 0. The molecule has 3 aromatic rings. The van der Waals surface area contributed by atoms with Gasteiger partial charge in [0.15, 0.2) is 0 Å². The molecule has 3 unspecified atom stereocenters. The third-order valence-corrected chi connectivity index (χ3v) is 6.75. The maximum absolute atomic E-state index is 5.72. The Morgan fingerprint density at radius 2 is 1.03 bits per heavy atom. The summed E-state index contributed by atoms with van der Waals surface area (Å²) in [6, 6.07) is 24.7. The van der Waals surface area contributed by atoms with E-state index in [0.29, 0.717) is 25.9 Å². The first-order chi connectivity index (χ1) is 18.0. The number of hydrogen-bond acceptors (Lipinski definition) is 6. The van der Waals surface area contributed by atoms with Crippen molar-refractivity contribution in [1.29, 1.82) is 0 Å². The van der Waals surface area contributed by atoms with Crippen LogP contribution in [0.3, 0.4) is 0 Å². The van der Waals surface area contributed by atoms with Crippen molar-refractivity contribution in [1.82, 2.24) is 0 Å². The van der Waals surface area contributed by atoms with Crippen LogP contribution in [-0.2, 0) is 19.6 Å². The van der Waals surface area contributed by atoms with E-state index in [0.717, 1.165) is 37.1 Å². The molecule has 3 aromatic carbocycles. The van der Waals surface area contributed by atoms with Gasteiger partial charge in [0.25, 0.3) is 0 Å². The quantitative estimate of drug-likeness (QED) is 0.329. The van der Waals surface area contributed by atoms with Crippen molar-refractivity contribution < 1.29 is 28.4 Å². The van der Waals surface area contributed by atoms with Crippen LogP contribution in [0.1, 0.15) is 30.5 Å². The zero-order valence-electron chi connectivity index (χ0n) is 21.9. The van der Waals surface area contributed by atoms with E-state index >= 15 is 0 Å². The molecule has 6 heteroatoms. The van der Waals surface area contributed by atoms with Crippen LogP contribution in [0.25, 0.3) is 0 Å². The Bertz CT molecular complexity index is 1070. The Balaban J connectivity index is 0.000000195. The molecule has 3 atom stereocenters. The van der Waals surface area contributed by atoms with Gasteiger partial charge in [0.1, 0.15) is 55.4 Å². The summed E-state index contributed by atoms with van der Waals surface area (Å²) in [4.78, 5) is 0. The number of epoxide rings is 3. The van der Waals surface area contributed by atoms with E-state index in [1.54, 1.807) is 0 Å². The molecule has 0 amide bonds. The van der Waals surface area contributed by atoms with Gasteiger partial charge < -0.3 is 28.4 Å². The number of ether oxygens (including phenoxy) is 6. The van der Waals surface area contributed by atoms with Crippen LogP contribution in [0.15, 0.2) is 72.8 Å². The normalized spacial score (nSPS) is 21.3. The highest BCUT2D eigenvalue weighted by atomic mass is 16.6. The first-order valence-corrected chi connectivity index (χ1v) is 13.0. The van der Waals surface area contributed by atoms with Gasteiger partial charge in [-0.15, -0.1) is 0 Å². The minimum Gasteiger partial charge on any atom is -0.491 e. The first-order valence-electron chi connectivity index (χ1n) is 13.0. The zero-order chi connectivity index (χ0) is 25.7. The molecule has 37 heavy (non-hydrogen) atoms. The fourth-order valence-corrected chi connectivity index (χ4v) is 3.87. The van der Waals surface area contributed by atoms with Crippen LogP contribution in [0.5, 0.6) is 17.2 Å². The molecule has 3 aliphatic heterocycles. The van der Waals surface area contributed by atoms with Gasteiger partial charge in [0.2, 0.25) is 0 Å². The lowest BCUT2D eigenvalue weighted by Gasteiger charge is -2.26. The zero-order valence-corrected chi connectivity index (χ0v) is 21.9. The van der Waals surface area contributed by atoms with Crippen molar-refractivity contribution in [2.75, 3.05) is 39.6 Å². The van der Waals surface area contributed by atoms with Crippen LogP contribution in [-0.4, -0.2) is 58.0 Å². The van der Waals surface area contributed by atoms with Gasteiger partial charge in [0.05, 0.1) is 19.8 Å². The second-order valence-corrected chi connectivity index (χ2v) is 10.2. The second-order valence-electron chi connectivity index (χ2n) is 10.2. The third kappa shape index (κ3) is 7.71. The molecule has 6 rings (SSSR count). The Morgan fingerprint density at radius 1 is 0.622 bits per heavy atom. The van der Waals surface area contributed by atoms with Crippen molar-refractivity contribution in [3.63, 3.8) is 0 Å². The molecule has 0 spiro atoms. The highest BCUT2D eigenvalue weighted by Gasteiger charge is 2.26. The molecule has 0 bridgehead atoms. The van der Waals surface area contributed by atoms with Crippen LogP contribution in [0, 0.1) is 6.92 Å². The van der Waals surface area contributed by atoms with Crippen LogP contribution in [0.4, 0.5) is 0 Å².